The molecule has 57 heavy (non-hydrogen) atoms. The SMILES string of the molecule is Sc1c(-c2ccc(-c3nc(-c4ccccc4)c4sc5ccccc5c4n3)cc2)cccc1-c1nc(-c2ccccc2)nc(-c2cccc3sc4ccccc4c23)n1. The number of hydrogen-bond acceptors (Lipinski definition) is 8. The Kier molecular flexibility index (Phi) is 8.20. The number of thiol groups is 1. The van der Waals surface area contributed by atoms with E-state index >= 15 is 0 Å². The summed E-state index contributed by atoms with van der Waals surface area (Å²) in [7, 11) is 0. The van der Waals surface area contributed by atoms with Crippen LogP contribution in [-0.2, 0) is 0 Å². The van der Waals surface area contributed by atoms with E-state index in [0.29, 0.717) is 23.3 Å². The van der Waals surface area contributed by atoms with Gasteiger partial charge in [0.05, 0.1) is 15.9 Å². The summed E-state index contributed by atoms with van der Waals surface area (Å²) >= 11 is 8.69. The average molecular weight is 784 g/mol. The summed E-state index contributed by atoms with van der Waals surface area (Å²) in [5.41, 5.74) is 8.65. The second-order valence-corrected chi connectivity index (χ2v) is 16.3. The molecule has 0 saturated carbocycles. The smallest absolute Gasteiger partial charge is 0.165 e. The van der Waals surface area contributed by atoms with E-state index in [0.717, 1.165) is 70.5 Å². The van der Waals surface area contributed by atoms with Crippen LogP contribution in [0.25, 0.3) is 108 Å². The van der Waals surface area contributed by atoms with E-state index in [9.17, 15) is 0 Å². The van der Waals surface area contributed by atoms with Crippen molar-refractivity contribution >= 4 is 75.8 Å². The van der Waals surface area contributed by atoms with Gasteiger partial charge in [-0.1, -0.05) is 152 Å². The Morgan fingerprint density at radius 2 is 0.877 bits per heavy atom. The van der Waals surface area contributed by atoms with Gasteiger partial charge in [0.1, 0.15) is 0 Å². The molecule has 0 saturated heterocycles. The lowest BCUT2D eigenvalue weighted by atomic mass is 10.0. The van der Waals surface area contributed by atoms with Crippen molar-refractivity contribution in [2.24, 2.45) is 0 Å². The topological polar surface area (TPSA) is 64.5 Å². The molecule has 4 heterocycles. The molecule has 0 bridgehead atoms. The molecule has 0 N–H and O–H groups in total. The molecule has 0 aliphatic heterocycles. The molecule has 8 heteroatoms. The maximum Gasteiger partial charge on any atom is 0.165 e. The Morgan fingerprint density at radius 1 is 0.351 bits per heavy atom. The normalized spacial score (nSPS) is 11.6. The van der Waals surface area contributed by atoms with E-state index in [1.807, 2.05) is 48.5 Å². The highest BCUT2D eigenvalue weighted by Crippen LogP contribution is 2.42. The Hall–Kier alpha value is -6.58. The van der Waals surface area contributed by atoms with Crippen LogP contribution in [0.1, 0.15) is 0 Å². The molecule has 0 aliphatic rings. The molecule has 0 spiro atoms. The molecule has 7 aromatic carbocycles. The molecule has 0 atom stereocenters. The third-order valence-corrected chi connectivity index (χ3v) is 13.1. The van der Waals surface area contributed by atoms with Crippen molar-refractivity contribution < 1.29 is 0 Å². The maximum atomic E-state index is 5.18. The Bertz CT molecular complexity index is 3300. The fourth-order valence-corrected chi connectivity index (χ4v) is 10.2. The van der Waals surface area contributed by atoms with E-state index in [2.05, 4.69) is 121 Å². The first kappa shape index (κ1) is 33.7. The highest BCUT2D eigenvalue weighted by Gasteiger charge is 2.20. The minimum Gasteiger partial charge on any atom is -0.226 e. The van der Waals surface area contributed by atoms with Crippen molar-refractivity contribution in [3.63, 3.8) is 0 Å². The van der Waals surface area contributed by atoms with Gasteiger partial charge in [-0.25, -0.2) is 24.9 Å². The zero-order valence-electron chi connectivity index (χ0n) is 30.2. The zero-order chi connectivity index (χ0) is 37.9. The third-order valence-electron chi connectivity index (χ3n) is 10.3. The monoisotopic (exact) mass is 783 g/mol. The Balaban J connectivity index is 1.02. The molecular formula is C49H29N5S3. The number of fused-ring (bicyclic) bond motifs is 6. The van der Waals surface area contributed by atoms with Crippen LogP contribution in [0, 0.1) is 0 Å². The zero-order valence-corrected chi connectivity index (χ0v) is 32.7. The Labute approximate surface area is 341 Å². The minimum absolute atomic E-state index is 0.567. The van der Waals surface area contributed by atoms with Gasteiger partial charge in [0, 0.05) is 63.0 Å². The molecule has 4 aromatic heterocycles. The van der Waals surface area contributed by atoms with Gasteiger partial charge in [-0.3, -0.25) is 0 Å². The summed E-state index contributed by atoms with van der Waals surface area (Å²) in [6.07, 6.45) is 0. The van der Waals surface area contributed by atoms with Crippen molar-refractivity contribution in [3.05, 3.63) is 170 Å². The standard InChI is InChI=1S/C49H29N5S3/c55-44-33(29-25-27-32(28-26-29)46-50-42(30-13-3-1-4-14-30)45-43(51-46)35-18-8-10-23-39(35)57-45)19-11-21-37(44)49-53-47(31-15-5-2-6-16-31)52-48(54-49)36-20-12-24-40-41(36)34-17-7-9-22-38(34)56-40/h1-28,55H. The van der Waals surface area contributed by atoms with Crippen molar-refractivity contribution in [2.45, 2.75) is 4.90 Å². The first-order valence-corrected chi connectivity index (χ1v) is 20.6. The van der Waals surface area contributed by atoms with Crippen molar-refractivity contribution in [1.82, 2.24) is 24.9 Å². The van der Waals surface area contributed by atoms with Crippen LogP contribution < -0.4 is 0 Å². The molecule has 268 valence electrons. The molecule has 11 rings (SSSR count). The Morgan fingerprint density at radius 3 is 1.65 bits per heavy atom. The molecule has 0 aliphatic carbocycles. The van der Waals surface area contributed by atoms with E-state index < -0.39 is 0 Å². The summed E-state index contributed by atoms with van der Waals surface area (Å²) < 4.78 is 4.72. The fourth-order valence-electron chi connectivity index (χ4n) is 7.56. The van der Waals surface area contributed by atoms with Crippen molar-refractivity contribution in [1.29, 1.82) is 0 Å². The van der Waals surface area contributed by atoms with E-state index in [1.165, 1.54) is 19.5 Å². The van der Waals surface area contributed by atoms with Crippen LogP contribution in [0.4, 0.5) is 0 Å². The summed E-state index contributed by atoms with van der Waals surface area (Å²) in [6, 6.07) is 58.4. The molecule has 5 nitrogen and oxygen atoms in total. The number of aromatic nitrogens is 5. The summed E-state index contributed by atoms with van der Waals surface area (Å²) in [6.45, 7) is 0. The number of nitrogens with zero attached hydrogens (tertiary/aromatic N) is 5. The quantitative estimate of drug-likeness (QED) is 0.170. The number of benzene rings is 7. The van der Waals surface area contributed by atoms with Crippen LogP contribution >= 0.6 is 35.3 Å². The van der Waals surface area contributed by atoms with Gasteiger partial charge < -0.3 is 0 Å². The first-order valence-electron chi connectivity index (χ1n) is 18.6. The molecular weight excluding hydrogens is 755 g/mol. The number of rotatable bonds is 6. The van der Waals surface area contributed by atoms with Crippen LogP contribution in [0.5, 0.6) is 0 Å². The largest absolute Gasteiger partial charge is 0.226 e. The second kappa shape index (κ2) is 13.9. The fraction of sp³-hybridized carbons (Fsp3) is 0. The number of thiophene rings is 2. The van der Waals surface area contributed by atoms with E-state index in [-0.39, 0.29) is 0 Å². The first-order chi connectivity index (χ1) is 28.2. The van der Waals surface area contributed by atoms with Crippen molar-refractivity contribution in [3.8, 4) is 67.9 Å². The lowest BCUT2D eigenvalue weighted by molar-refractivity contribution is 1.07. The van der Waals surface area contributed by atoms with Gasteiger partial charge in [-0.2, -0.15) is 0 Å². The summed E-state index contributed by atoms with van der Waals surface area (Å²) in [5, 5.41) is 3.49. The highest BCUT2D eigenvalue weighted by molar-refractivity contribution is 7.80. The molecule has 0 fully saturated rings. The van der Waals surface area contributed by atoms with Gasteiger partial charge in [0.25, 0.3) is 0 Å². The highest BCUT2D eigenvalue weighted by atomic mass is 32.1. The third kappa shape index (κ3) is 5.88. The average Bonchev–Trinajstić information content (AvgIpc) is 3.85. The van der Waals surface area contributed by atoms with Gasteiger partial charge in [-0.15, -0.1) is 35.3 Å². The molecule has 11 aromatic rings. The van der Waals surface area contributed by atoms with Crippen LogP contribution in [0.2, 0.25) is 0 Å². The summed E-state index contributed by atoms with van der Waals surface area (Å²) in [4.78, 5) is 26.4. The lowest BCUT2D eigenvalue weighted by Gasteiger charge is -2.13. The van der Waals surface area contributed by atoms with Gasteiger partial charge >= 0.3 is 0 Å². The molecule has 0 unspecified atom stereocenters. The lowest BCUT2D eigenvalue weighted by Crippen LogP contribution is -2.01. The van der Waals surface area contributed by atoms with Crippen LogP contribution in [0.15, 0.2) is 175 Å². The minimum atomic E-state index is 0.567. The van der Waals surface area contributed by atoms with Gasteiger partial charge in [-0.05, 0) is 29.3 Å². The molecule has 0 radical (unpaired) electrons. The van der Waals surface area contributed by atoms with Crippen LogP contribution in [-0.4, -0.2) is 24.9 Å². The number of hydrogen-bond donors (Lipinski definition) is 1. The predicted octanol–water partition coefficient (Wildman–Crippen LogP) is 13.7. The summed E-state index contributed by atoms with van der Waals surface area (Å²) in [5.74, 6) is 2.49. The maximum absolute atomic E-state index is 5.18. The van der Waals surface area contributed by atoms with Gasteiger partial charge in [0.15, 0.2) is 23.3 Å². The van der Waals surface area contributed by atoms with Crippen LogP contribution in [0.3, 0.4) is 0 Å². The predicted molar refractivity (Wildman–Crippen MR) is 241 cm³/mol. The van der Waals surface area contributed by atoms with Gasteiger partial charge in [0.2, 0.25) is 0 Å². The second-order valence-electron chi connectivity index (χ2n) is 13.8. The van der Waals surface area contributed by atoms with E-state index in [1.54, 1.807) is 22.7 Å². The molecule has 0 amide bonds. The van der Waals surface area contributed by atoms with Crippen molar-refractivity contribution in [2.75, 3.05) is 0 Å². The van der Waals surface area contributed by atoms with E-state index in [4.69, 9.17) is 37.5 Å².